The first-order valence-corrected chi connectivity index (χ1v) is 9.24. The number of nitrogens with one attached hydrogen (secondary N) is 1. The molecule has 1 aromatic carbocycles. The van der Waals surface area contributed by atoms with Crippen molar-refractivity contribution in [3.63, 3.8) is 0 Å². The molecule has 1 saturated heterocycles. The highest BCUT2D eigenvalue weighted by atomic mass is 16.6. The maximum atomic E-state index is 12.4. The largest absolute Gasteiger partial charge is 0.508 e. The molecule has 0 saturated carbocycles. The van der Waals surface area contributed by atoms with Crippen LogP contribution in [0, 0.1) is 0 Å². The summed E-state index contributed by atoms with van der Waals surface area (Å²) in [6, 6.07) is 2.33. The monoisotopic (exact) mass is 421 g/mol. The van der Waals surface area contributed by atoms with Gasteiger partial charge in [-0.1, -0.05) is 12.1 Å². The smallest absolute Gasteiger partial charge is 0.336 e. The van der Waals surface area contributed by atoms with Crippen LogP contribution in [0.5, 0.6) is 5.75 Å². The van der Waals surface area contributed by atoms with Crippen LogP contribution in [0.3, 0.4) is 0 Å². The molecule has 30 heavy (non-hydrogen) atoms. The molecule has 6 N–H and O–H groups in total. The summed E-state index contributed by atoms with van der Waals surface area (Å²) in [5, 5.41) is 11.6. The Labute approximate surface area is 171 Å². The van der Waals surface area contributed by atoms with Crippen molar-refractivity contribution in [3.05, 3.63) is 29.8 Å². The molecule has 1 amide bonds. The van der Waals surface area contributed by atoms with E-state index in [0.717, 1.165) is 0 Å². The lowest BCUT2D eigenvalue weighted by molar-refractivity contribution is -0.164. The number of phenols is 1. The molecule has 0 bridgehead atoms. The Bertz CT molecular complexity index is 824. The van der Waals surface area contributed by atoms with Gasteiger partial charge in [0.25, 0.3) is 0 Å². The van der Waals surface area contributed by atoms with Gasteiger partial charge in [-0.25, -0.2) is 9.59 Å². The fraction of sp³-hybridized carbons (Fsp3) is 0.421. The number of benzene rings is 1. The van der Waals surface area contributed by atoms with E-state index in [2.05, 4.69) is 14.8 Å². The number of rotatable bonds is 4. The third kappa shape index (κ3) is 6.94. The van der Waals surface area contributed by atoms with Crippen molar-refractivity contribution in [2.24, 2.45) is 11.5 Å². The van der Waals surface area contributed by atoms with E-state index < -0.39 is 47.9 Å². The van der Waals surface area contributed by atoms with Gasteiger partial charge in [0.2, 0.25) is 5.91 Å². The quantitative estimate of drug-likeness (QED) is 0.339. The highest BCUT2D eigenvalue weighted by molar-refractivity contribution is 5.94. The Balaban J connectivity index is 2.06. The predicted molar refractivity (Wildman–Crippen MR) is 100 cm³/mol. The van der Waals surface area contributed by atoms with Gasteiger partial charge in [0.05, 0.1) is 6.04 Å². The number of carbonyl (C=O) groups excluding carboxylic acids is 5. The van der Waals surface area contributed by atoms with Gasteiger partial charge in [-0.2, -0.15) is 0 Å². The standard InChI is InChI=1S/C19H23N3O8/c20-12-5-7-15(24)29-16(25)8-6-14(19(28)30-18(12)27)22-17(26)13(21)9-10-1-3-11(23)4-2-10/h1-4,12-14,23H,5-9,20-21H2,(H,22,26)/t12-,13-,14-/m0/s1. The Hall–Kier alpha value is -3.31. The molecule has 0 spiro atoms. The Morgan fingerprint density at radius 1 is 1.03 bits per heavy atom. The summed E-state index contributed by atoms with van der Waals surface area (Å²) >= 11 is 0. The molecule has 0 aromatic heterocycles. The fourth-order valence-electron chi connectivity index (χ4n) is 2.63. The molecule has 11 heteroatoms. The molecule has 2 rings (SSSR count). The molecular formula is C19H23N3O8. The lowest BCUT2D eigenvalue weighted by atomic mass is 10.0. The van der Waals surface area contributed by atoms with Gasteiger partial charge in [-0.3, -0.25) is 14.4 Å². The topological polar surface area (TPSA) is 188 Å². The number of ether oxygens (including phenoxy) is 2. The number of amides is 1. The molecule has 162 valence electrons. The molecule has 1 heterocycles. The zero-order valence-corrected chi connectivity index (χ0v) is 16.0. The highest BCUT2D eigenvalue weighted by Gasteiger charge is 2.30. The van der Waals surface area contributed by atoms with E-state index in [9.17, 15) is 29.1 Å². The minimum absolute atomic E-state index is 0.0565. The van der Waals surface area contributed by atoms with E-state index in [1.165, 1.54) is 12.1 Å². The van der Waals surface area contributed by atoms with Crippen LogP contribution in [0.2, 0.25) is 0 Å². The second-order valence-electron chi connectivity index (χ2n) is 6.81. The van der Waals surface area contributed by atoms with Gasteiger partial charge in [-0.15, -0.1) is 0 Å². The predicted octanol–water partition coefficient (Wildman–Crippen LogP) is -1.21. The molecule has 0 radical (unpaired) electrons. The normalized spacial score (nSPS) is 22.2. The lowest BCUT2D eigenvalue weighted by Gasteiger charge is -2.20. The molecule has 1 fully saturated rings. The van der Waals surface area contributed by atoms with Crippen LogP contribution in [0.15, 0.2) is 24.3 Å². The van der Waals surface area contributed by atoms with Crippen molar-refractivity contribution in [2.75, 3.05) is 0 Å². The van der Waals surface area contributed by atoms with Crippen LogP contribution >= 0.6 is 0 Å². The number of esters is 4. The van der Waals surface area contributed by atoms with E-state index in [1.807, 2.05) is 0 Å². The third-order valence-corrected chi connectivity index (χ3v) is 4.36. The first-order valence-electron chi connectivity index (χ1n) is 9.24. The summed E-state index contributed by atoms with van der Waals surface area (Å²) in [4.78, 5) is 59.9. The molecule has 3 atom stereocenters. The molecular weight excluding hydrogens is 398 g/mol. The minimum Gasteiger partial charge on any atom is -0.508 e. The fourth-order valence-corrected chi connectivity index (χ4v) is 2.63. The van der Waals surface area contributed by atoms with Crippen LogP contribution < -0.4 is 16.8 Å². The van der Waals surface area contributed by atoms with Gasteiger partial charge in [0, 0.05) is 12.8 Å². The van der Waals surface area contributed by atoms with Crippen molar-refractivity contribution in [1.82, 2.24) is 5.32 Å². The molecule has 0 unspecified atom stereocenters. The summed E-state index contributed by atoms with van der Waals surface area (Å²) in [7, 11) is 0. The van der Waals surface area contributed by atoms with Gasteiger partial charge in [0.1, 0.15) is 17.8 Å². The van der Waals surface area contributed by atoms with Gasteiger partial charge < -0.3 is 31.4 Å². The van der Waals surface area contributed by atoms with Crippen molar-refractivity contribution < 1.29 is 38.6 Å². The number of carbonyl (C=O) groups is 5. The van der Waals surface area contributed by atoms with Crippen molar-refractivity contribution >= 4 is 29.8 Å². The first-order chi connectivity index (χ1) is 14.2. The van der Waals surface area contributed by atoms with Crippen molar-refractivity contribution in [1.29, 1.82) is 0 Å². The number of nitrogens with two attached hydrogens (primary N) is 2. The van der Waals surface area contributed by atoms with Crippen LogP contribution in [-0.4, -0.2) is 53.0 Å². The van der Waals surface area contributed by atoms with Crippen LogP contribution in [0.1, 0.15) is 31.2 Å². The average Bonchev–Trinajstić information content (AvgIpc) is 2.69. The lowest BCUT2D eigenvalue weighted by Crippen LogP contribution is -2.51. The van der Waals surface area contributed by atoms with E-state index >= 15 is 0 Å². The summed E-state index contributed by atoms with van der Waals surface area (Å²) in [5.41, 5.74) is 12.1. The Morgan fingerprint density at radius 3 is 2.27 bits per heavy atom. The summed E-state index contributed by atoms with van der Waals surface area (Å²) in [6.45, 7) is 0. The highest BCUT2D eigenvalue weighted by Crippen LogP contribution is 2.12. The van der Waals surface area contributed by atoms with Crippen molar-refractivity contribution in [2.45, 2.75) is 50.2 Å². The molecule has 1 aromatic rings. The number of cyclic esters (lactones) is 4. The number of hydrogen-bond acceptors (Lipinski definition) is 10. The number of phenolic OH excluding ortho intramolecular Hbond substituents is 1. The van der Waals surface area contributed by atoms with Gasteiger partial charge >= 0.3 is 23.9 Å². The molecule has 1 aliphatic rings. The summed E-state index contributed by atoms with van der Waals surface area (Å²) in [5.74, 6) is -4.57. The second kappa shape index (κ2) is 10.5. The molecule has 0 aliphatic carbocycles. The maximum absolute atomic E-state index is 12.4. The average molecular weight is 421 g/mol. The van der Waals surface area contributed by atoms with E-state index in [1.54, 1.807) is 12.1 Å². The summed E-state index contributed by atoms with van der Waals surface area (Å²) < 4.78 is 9.26. The van der Waals surface area contributed by atoms with E-state index in [4.69, 9.17) is 11.5 Å². The second-order valence-corrected chi connectivity index (χ2v) is 6.81. The van der Waals surface area contributed by atoms with Crippen molar-refractivity contribution in [3.8, 4) is 5.75 Å². The Morgan fingerprint density at radius 2 is 1.63 bits per heavy atom. The van der Waals surface area contributed by atoms with Crippen LogP contribution in [0.4, 0.5) is 0 Å². The molecule has 11 nitrogen and oxygen atoms in total. The van der Waals surface area contributed by atoms with Gasteiger partial charge in [-0.05, 0) is 37.0 Å². The first kappa shape index (κ1) is 23.0. The molecule has 1 aliphatic heterocycles. The minimum atomic E-state index is -1.37. The summed E-state index contributed by atoms with van der Waals surface area (Å²) in [6.07, 6.45) is -1.01. The third-order valence-electron chi connectivity index (χ3n) is 4.36. The Kier molecular flexibility index (Phi) is 8.01. The number of hydrogen-bond donors (Lipinski definition) is 4. The van der Waals surface area contributed by atoms with E-state index in [0.29, 0.717) is 5.56 Å². The zero-order chi connectivity index (χ0) is 22.3. The number of aromatic hydroxyl groups is 1. The SMILES string of the molecule is N[C@@H](Cc1ccc(O)cc1)C(=O)N[C@H]1CCC(=O)OC(=O)CC[C@H](N)C(=O)OC1=O. The maximum Gasteiger partial charge on any atom is 0.336 e. The van der Waals surface area contributed by atoms with Gasteiger partial charge in [0.15, 0.2) is 0 Å². The zero-order valence-electron chi connectivity index (χ0n) is 16.0. The van der Waals surface area contributed by atoms with E-state index in [-0.39, 0.29) is 37.9 Å². The van der Waals surface area contributed by atoms with Crippen LogP contribution in [0.25, 0.3) is 0 Å². The van der Waals surface area contributed by atoms with Crippen LogP contribution in [-0.2, 0) is 39.9 Å².